The Morgan fingerprint density at radius 2 is 2.15 bits per heavy atom. The minimum Gasteiger partial charge on any atom is -0.308 e. The third-order valence-electron chi connectivity index (χ3n) is 2.56. The number of amidine groups is 1. The SMILES string of the molecule is C=C(C)C(=O)NC1=NN(c2ccc(Cl)cc2Cl)C(=O)C1. The molecule has 5 nitrogen and oxygen atoms in total. The second kappa shape index (κ2) is 5.64. The van der Waals surface area contributed by atoms with Gasteiger partial charge in [-0.3, -0.25) is 9.59 Å². The molecule has 1 N–H and O–H groups in total. The van der Waals surface area contributed by atoms with Crippen molar-refractivity contribution >= 4 is 46.5 Å². The zero-order valence-corrected chi connectivity index (χ0v) is 12.1. The van der Waals surface area contributed by atoms with Crippen molar-refractivity contribution in [3.63, 3.8) is 0 Å². The molecule has 0 atom stereocenters. The molecule has 2 rings (SSSR count). The van der Waals surface area contributed by atoms with Crippen molar-refractivity contribution in [3.05, 3.63) is 40.4 Å². The smallest absolute Gasteiger partial charge is 0.255 e. The fraction of sp³-hybridized carbons (Fsp3) is 0.154. The maximum absolute atomic E-state index is 11.9. The maximum atomic E-state index is 11.9. The third kappa shape index (κ3) is 3.00. The fourth-order valence-electron chi connectivity index (χ4n) is 1.58. The van der Waals surface area contributed by atoms with Crippen LogP contribution in [0.2, 0.25) is 10.0 Å². The van der Waals surface area contributed by atoms with Crippen LogP contribution in [0.5, 0.6) is 0 Å². The van der Waals surface area contributed by atoms with Crippen LogP contribution < -0.4 is 10.3 Å². The molecule has 0 bridgehead atoms. The minimum absolute atomic E-state index is 0.00201. The highest BCUT2D eigenvalue weighted by Gasteiger charge is 2.27. The number of hydrazone groups is 1. The van der Waals surface area contributed by atoms with Crippen LogP contribution in [0.1, 0.15) is 13.3 Å². The van der Waals surface area contributed by atoms with Crippen molar-refractivity contribution < 1.29 is 9.59 Å². The molecule has 1 aromatic carbocycles. The van der Waals surface area contributed by atoms with Gasteiger partial charge in [-0.25, -0.2) is 0 Å². The molecule has 1 aliphatic rings. The monoisotopic (exact) mass is 311 g/mol. The predicted octanol–water partition coefficient (Wildman–Crippen LogP) is 2.74. The molecule has 0 radical (unpaired) electrons. The molecule has 0 saturated carbocycles. The third-order valence-corrected chi connectivity index (χ3v) is 3.10. The number of nitrogens with zero attached hydrogens (tertiary/aromatic N) is 2. The van der Waals surface area contributed by atoms with E-state index < -0.39 is 0 Å². The highest BCUT2D eigenvalue weighted by molar-refractivity contribution is 6.37. The summed E-state index contributed by atoms with van der Waals surface area (Å²) in [6.07, 6.45) is -0.00201. The lowest BCUT2D eigenvalue weighted by molar-refractivity contribution is -0.116. The summed E-state index contributed by atoms with van der Waals surface area (Å²) in [7, 11) is 0. The van der Waals surface area contributed by atoms with Crippen molar-refractivity contribution in [1.29, 1.82) is 0 Å². The van der Waals surface area contributed by atoms with E-state index >= 15 is 0 Å². The van der Waals surface area contributed by atoms with Crippen molar-refractivity contribution in [2.45, 2.75) is 13.3 Å². The molecule has 0 fully saturated rings. The van der Waals surface area contributed by atoms with Gasteiger partial charge in [-0.2, -0.15) is 10.1 Å². The van der Waals surface area contributed by atoms with Gasteiger partial charge >= 0.3 is 0 Å². The number of hydrogen-bond donors (Lipinski definition) is 1. The first-order chi connectivity index (χ1) is 9.38. The fourth-order valence-corrected chi connectivity index (χ4v) is 2.07. The Kier molecular flexibility index (Phi) is 4.11. The Labute approximate surface area is 125 Å². The second-order valence-electron chi connectivity index (χ2n) is 4.26. The van der Waals surface area contributed by atoms with Crippen LogP contribution in [0.4, 0.5) is 5.69 Å². The molecule has 104 valence electrons. The van der Waals surface area contributed by atoms with Gasteiger partial charge in [-0.1, -0.05) is 29.8 Å². The van der Waals surface area contributed by atoms with E-state index in [1.807, 2.05) is 0 Å². The van der Waals surface area contributed by atoms with E-state index in [1.165, 1.54) is 6.07 Å². The average Bonchev–Trinajstić information content (AvgIpc) is 2.70. The quantitative estimate of drug-likeness (QED) is 0.854. The van der Waals surface area contributed by atoms with E-state index in [0.29, 0.717) is 21.3 Å². The number of anilines is 1. The Morgan fingerprint density at radius 3 is 2.75 bits per heavy atom. The lowest BCUT2D eigenvalue weighted by Gasteiger charge is -2.13. The lowest BCUT2D eigenvalue weighted by Crippen LogP contribution is -2.29. The summed E-state index contributed by atoms with van der Waals surface area (Å²) in [5.41, 5.74) is 0.753. The maximum Gasteiger partial charge on any atom is 0.255 e. The molecule has 7 heteroatoms. The van der Waals surface area contributed by atoms with Crippen LogP contribution in [-0.4, -0.2) is 17.6 Å². The summed E-state index contributed by atoms with van der Waals surface area (Å²) >= 11 is 11.8. The van der Waals surface area contributed by atoms with Crippen molar-refractivity contribution in [3.8, 4) is 0 Å². The van der Waals surface area contributed by atoms with Gasteiger partial charge in [0, 0.05) is 10.6 Å². The first-order valence-corrected chi connectivity index (χ1v) is 6.46. The lowest BCUT2D eigenvalue weighted by atomic mass is 10.3. The molecule has 0 spiro atoms. The van der Waals surface area contributed by atoms with Crippen LogP contribution in [-0.2, 0) is 9.59 Å². The molecule has 0 aliphatic carbocycles. The summed E-state index contributed by atoms with van der Waals surface area (Å²) < 4.78 is 0. The molecule has 1 aromatic rings. The summed E-state index contributed by atoms with van der Waals surface area (Å²) in [6.45, 7) is 5.09. The number of halogens is 2. The zero-order valence-electron chi connectivity index (χ0n) is 10.6. The Hall–Kier alpha value is -1.85. The Bertz CT molecular complexity index is 641. The topological polar surface area (TPSA) is 61.8 Å². The van der Waals surface area contributed by atoms with E-state index in [2.05, 4.69) is 17.0 Å². The van der Waals surface area contributed by atoms with Crippen molar-refractivity contribution in [2.75, 3.05) is 5.01 Å². The Balaban J connectivity index is 2.24. The van der Waals surface area contributed by atoms with E-state index in [9.17, 15) is 9.59 Å². The van der Waals surface area contributed by atoms with Crippen LogP contribution in [0.3, 0.4) is 0 Å². The van der Waals surface area contributed by atoms with Crippen LogP contribution in [0, 0.1) is 0 Å². The van der Waals surface area contributed by atoms with E-state index in [0.717, 1.165) is 5.01 Å². The number of rotatable bonds is 2. The van der Waals surface area contributed by atoms with E-state index in [-0.39, 0.29) is 24.1 Å². The number of carbonyl (C=O) groups is 2. The number of nitrogens with one attached hydrogen (secondary N) is 1. The van der Waals surface area contributed by atoms with E-state index in [1.54, 1.807) is 19.1 Å². The largest absolute Gasteiger partial charge is 0.308 e. The van der Waals surface area contributed by atoms with Crippen molar-refractivity contribution in [2.24, 2.45) is 5.10 Å². The van der Waals surface area contributed by atoms with Gasteiger partial charge in [-0.15, -0.1) is 0 Å². The van der Waals surface area contributed by atoms with Gasteiger partial charge in [0.25, 0.3) is 11.8 Å². The summed E-state index contributed by atoms with van der Waals surface area (Å²) in [6, 6.07) is 4.72. The van der Waals surface area contributed by atoms with Gasteiger partial charge in [0.2, 0.25) is 0 Å². The number of carbonyl (C=O) groups excluding carboxylic acids is 2. The number of benzene rings is 1. The first kappa shape index (κ1) is 14.6. The van der Waals surface area contributed by atoms with Gasteiger partial charge < -0.3 is 5.32 Å². The number of hydrogen-bond acceptors (Lipinski definition) is 3. The van der Waals surface area contributed by atoms with Crippen LogP contribution in [0.25, 0.3) is 0 Å². The predicted molar refractivity (Wildman–Crippen MR) is 79.0 cm³/mol. The standard InChI is InChI=1S/C13H11Cl2N3O2/c1-7(2)13(20)16-11-6-12(19)18(17-11)10-4-3-8(14)5-9(10)15/h3-5H,1,6H2,2H3,(H,16,17,20). The van der Waals surface area contributed by atoms with Gasteiger partial charge in [-0.05, 0) is 25.1 Å². The molecule has 1 aliphatic heterocycles. The second-order valence-corrected chi connectivity index (χ2v) is 5.10. The molecule has 2 amide bonds. The first-order valence-electron chi connectivity index (χ1n) is 5.71. The highest BCUT2D eigenvalue weighted by atomic mass is 35.5. The highest BCUT2D eigenvalue weighted by Crippen LogP contribution is 2.31. The zero-order chi connectivity index (χ0) is 14.9. The van der Waals surface area contributed by atoms with Crippen molar-refractivity contribution in [1.82, 2.24) is 5.32 Å². The van der Waals surface area contributed by atoms with Gasteiger partial charge in [0.1, 0.15) is 5.84 Å². The summed E-state index contributed by atoms with van der Waals surface area (Å²) in [5, 5.41) is 8.49. The number of amides is 2. The Morgan fingerprint density at radius 1 is 1.45 bits per heavy atom. The van der Waals surface area contributed by atoms with Gasteiger partial charge in [0.05, 0.1) is 17.1 Å². The van der Waals surface area contributed by atoms with Crippen LogP contribution >= 0.6 is 23.2 Å². The normalized spacial score (nSPS) is 14.2. The van der Waals surface area contributed by atoms with E-state index in [4.69, 9.17) is 23.2 Å². The summed E-state index contributed by atoms with van der Waals surface area (Å²) in [5.74, 6) is -0.402. The average molecular weight is 312 g/mol. The molecule has 0 aromatic heterocycles. The molecule has 1 heterocycles. The molecular formula is C13H11Cl2N3O2. The van der Waals surface area contributed by atoms with Gasteiger partial charge in [0.15, 0.2) is 0 Å². The molecule has 0 saturated heterocycles. The molecule has 0 unspecified atom stereocenters. The molecular weight excluding hydrogens is 301 g/mol. The van der Waals surface area contributed by atoms with Crippen LogP contribution in [0.15, 0.2) is 35.5 Å². The summed E-state index contributed by atoms with van der Waals surface area (Å²) in [4.78, 5) is 23.4. The molecule has 20 heavy (non-hydrogen) atoms. The minimum atomic E-state index is -0.374.